The van der Waals surface area contributed by atoms with Gasteiger partial charge in [0.25, 0.3) is 0 Å². The Kier molecular flexibility index (Phi) is 5.84. The molecule has 2 unspecified atom stereocenters. The van der Waals surface area contributed by atoms with Crippen molar-refractivity contribution in [1.82, 2.24) is 5.32 Å². The third-order valence-electron chi connectivity index (χ3n) is 2.51. The Morgan fingerprint density at radius 2 is 2.00 bits per heavy atom. The molecule has 3 N–H and O–H groups in total. The monoisotopic (exact) mass is 241 g/mol. The average molecular weight is 241 g/mol. The van der Waals surface area contributed by atoms with Crippen molar-refractivity contribution in [2.75, 3.05) is 19.8 Å². The molecule has 2 atom stereocenters. The number of hydrogen-bond acceptors (Lipinski definition) is 4. The summed E-state index contributed by atoms with van der Waals surface area (Å²) < 4.78 is 0. The number of thioether (sulfide) groups is 1. The van der Waals surface area contributed by atoms with E-state index in [9.17, 15) is 10.2 Å². The molecule has 3 nitrogen and oxygen atoms in total. The van der Waals surface area contributed by atoms with Crippen LogP contribution in [0, 0.1) is 0 Å². The first kappa shape index (κ1) is 13.5. The van der Waals surface area contributed by atoms with Gasteiger partial charge in [0, 0.05) is 4.90 Å². The van der Waals surface area contributed by atoms with Gasteiger partial charge in [0.2, 0.25) is 0 Å². The van der Waals surface area contributed by atoms with E-state index in [1.54, 1.807) is 11.8 Å². The van der Waals surface area contributed by atoms with E-state index in [1.807, 2.05) is 37.6 Å². The van der Waals surface area contributed by atoms with Crippen LogP contribution in [-0.2, 0) is 0 Å². The van der Waals surface area contributed by atoms with Crippen molar-refractivity contribution in [3.63, 3.8) is 0 Å². The minimum atomic E-state index is -0.808. The summed E-state index contributed by atoms with van der Waals surface area (Å²) in [6.45, 7) is 0.694. The highest BCUT2D eigenvalue weighted by molar-refractivity contribution is 7.98. The standard InChI is InChI=1S/C12H19NO2S/c1-13-8-7-10(14)12(15)9-5-3-4-6-11(9)16-2/h3-6,10,12-15H,7-8H2,1-2H3. The molecule has 1 aromatic rings. The summed E-state index contributed by atoms with van der Waals surface area (Å²) in [4.78, 5) is 1.01. The summed E-state index contributed by atoms with van der Waals surface area (Å²) in [6.07, 6.45) is 0.976. The fraction of sp³-hybridized carbons (Fsp3) is 0.500. The normalized spacial score (nSPS) is 14.8. The van der Waals surface area contributed by atoms with Gasteiger partial charge in [-0.1, -0.05) is 18.2 Å². The molecule has 0 aliphatic rings. The minimum absolute atomic E-state index is 0.542. The van der Waals surface area contributed by atoms with E-state index in [0.717, 1.165) is 10.5 Å². The zero-order chi connectivity index (χ0) is 12.0. The number of nitrogens with one attached hydrogen (secondary N) is 1. The van der Waals surface area contributed by atoms with E-state index in [1.165, 1.54) is 0 Å². The predicted molar refractivity (Wildman–Crippen MR) is 67.7 cm³/mol. The smallest absolute Gasteiger partial charge is 0.106 e. The molecule has 0 saturated carbocycles. The first-order valence-electron chi connectivity index (χ1n) is 5.34. The number of aliphatic hydroxyl groups excluding tert-OH is 2. The molecular weight excluding hydrogens is 222 g/mol. The predicted octanol–water partition coefficient (Wildman–Crippen LogP) is 1.41. The maximum atomic E-state index is 10.0. The Hall–Kier alpha value is -0.550. The maximum absolute atomic E-state index is 10.0. The van der Waals surface area contributed by atoms with Crippen LogP contribution < -0.4 is 5.32 Å². The molecule has 4 heteroatoms. The SMILES string of the molecule is CNCCC(O)C(O)c1ccccc1SC. The number of hydrogen-bond donors (Lipinski definition) is 3. The van der Waals surface area contributed by atoms with E-state index in [0.29, 0.717) is 13.0 Å². The number of benzene rings is 1. The van der Waals surface area contributed by atoms with Crippen LogP contribution >= 0.6 is 11.8 Å². The van der Waals surface area contributed by atoms with Gasteiger partial charge in [-0.05, 0) is 37.9 Å². The molecule has 0 fully saturated rings. The highest BCUT2D eigenvalue weighted by Gasteiger charge is 2.19. The van der Waals surface area contributed by atoms with E-state index in [4.69, 9.17) is 0 Å². The Bertz CT molecular complexity index is 320. The molecule has 1 aromatic carbocycles. The lowest BCUT2D eigenvalue weighted by molar-refractivity contribution is 0.0125. The van der Waals surface area contributed by atoms with Crippen LogP contribution in [-0.4, -0.2) is 36.2 Å². The number of rotatable bonds is 6. The highest BCUT2D eigenvalue weighted by Crippen LogP contribution is 2.28. The van der Waals surface area contributed by atoms with E-state index in [-0.39, 0.29) is 0 Å². The maximum Gasteiger partial charge on any atom is 0.106 e. The Balaban J connectivity index is 2.74. The topological polar surface area (TPSA) is 52.5 Å². The molecule has 90 valence electrons. The summed E-state index contributed by atoms with van der Waals surface area (Å²) in [5.74, 6) is 0. The molecular formula is C12H19NO2S. The summed E-state index contributed by atoms with van der Waals surface area (Å²) in [7, 11) is 1.83. The van der Waals surface area contributed by atoms with Crippen molar-refractivity contribution in [3.8, 4) is 0 Å². The Morgan fingerprint density at radius 1 is 1.31 bits per heavy atom. The summed E-state index contributed by atoms with van der Waals surface area (Å²) in [5.41, 5.74) is 0.804. The summed E-state index contributed by atoms with van der Waals surface area (Å²) in [5, 5.41) is 22.8. The minimum Gasteiger partial charge on any atom is -0.390 e. The second-order valence-corrected chi connectivity index (χ2v) is 4.49. The first-order valence-corrected chi connectivity index (χ1v) is 6.56. The Morgan fingerprint density at radius 3 is 2.62 bits per heavy atom. The summed E-state index contributed by atoms with van der Waals surface area (Å²) >= 11 is 1.58. The molecule has 0 aromatic heterocycles. The molecule has 0 spiro atoms. The molecule has 0 aliphatic heterocycles. The lowest BCUT2D eigenvalue weighted by Crippen LogP contribution is -2.23. The van der Waals surface area contributed by atoms with Gasteiger partial charge in [-0.2, -0.15) is 0 Å². The van der Waals surface area contributed by atoms with Crippen molar-refractivity contribution in [3.05, 3.63) is 29.8 Å². The van der Waals surface area contributed by atoms with Gasteiger partial charge in [0.1, 0.15) is 6.10 Å². The zero-order valence-corrected chi connectivity index (χ0v) is 10.5. The second kappa shape index (κ2) is 6.91. The molecule has 0 saturated heterocycles. The van der Waals surface area contributed by atoms with Crippen molar-refractivity contribution in [1.29, 1.82) is 0 Å². The van der Waals surface area contributed by atoms with Gasteiger partial charge in [-0.15, -0.1) is 11.8 Å². The molecule has 16 heavy (non-hydrogen) atoms. The van der Waals surface area contributed by atoms with Crippen LogP contribution in [0.3, 0.4) is 0 Å². The molecule has 0 heterocycles. The van der Waals surface area contributed by atoms with E-state index in [2.05, 4.69) is 5.32 Å². The van der Waals surface area contributed by atoms with Gasteiger partial charge in [-0.25, -0.2) is 0 Å². The van der Waals surface area contributed by atoms with Crippen LogP contribution in [0.2, 0.25) is 0 Å². The molecule has 0 aliphatic carbocycles. The fourth-order valence-electron chi connectivity index (χ4n) is 1.57. The lowest BCUT2D eigenvalue weighted by Gasteiger charge is -2.20. The van der Waals surface area contributed by atoms with E-state index >= 15 is 0 Å². The van der Waals surface area contributed by atoms with Crippen molar-refractivity contribution in [2.24, 2.45) is 0 Å². The van der Waals surface area contributed by atoms with Crippen LogP contribution in [0.5, 0.6) is 0 Å². The third kappa shape index (κ3) is 3.49. The fourth-order valence-corrected chi connectivity index (χ4v) is 2.21. The van der Waals surface area contributed by atoms with Crippen LogP contribution in [0.25, 0.3) is 0 Å². The third-order valence-corrected chi connectivity index (χ3v) is 3.32. The van der Waals surface area contributed by atoms with Crippen molar-refractivity contribution in [2.45, 2.75) is 23.5 Å². The van der Waals surface area contributed by atoms with Gasteiger partial charge in [0.05, 0.1) is 6.10 Å². The van der Waals surface area contributed by atoms with Crippen LogP contribution in [0.1, 0.15) is 18.1 Å². The van der Waals surface area contributed by atoms with Gasteiger partial charge < -0.3 is 15.5 Å². The van der Waals surface area contributed by atoms with Gasteiger partial charge >= 0.3 is 0 Å². The second-order valence-electron chi connectivity index (χ2n) is 3.65. The van der Waals surface area contributed by atoms with Crippen molar-refractivity contribution < 1.29 is 10.2 Å². The molecule has 0 amide bonds. The zero-order valence-electron chi connectivity index (χ0n) is 9.68. The number of aliphatic hydroxyl groups is 2. The average Bonchev–Trinajstić information content (AvgIpc) is 2.34. The van der Waals surface area contributed by atoms with Crippen LogP contribution in [0.15, 0.2) is 29.2 Å². The van der Waals surface area contributed by atoms with Crippen molar-refractivity contribution >= 4 is 11.8 Å². The quantitative estimate of drug-likeness (QED) is 0.659. The lowest BCUT2D eigenvalue weighted by atomic mass is 10.0. The first-order chi connectivity index (χ1) is 7.70. The Labute approximate surface area is 101 Å². The largest absolute Gasteiger partial charge is 0.390 e. The van der Waals surface area contributed by atoms with Gasteiger partial charge in [0.15, 0.2) is 0 Å². The van der Waals surface area contributed by atoms with Gasteiger partial charge in [-0.3, -0.25) is 0 Å². The highest BCUT2D eigenvalue weighted by atomic mass is 32.2. The summed E-state index contributed by atoms with van der Waals surface area (Å²) in [6, 6.07) is 7.62. The molecule has 1 rings (SSSR count). The molecule has 0 bridgehead atoms. The molecule has 0 radical (unpaired) electrons. The van der Waals surface area contributed by atoms with E-state index < -0.39 is 12.2 Å². The van der Waals surface area contributed by atoms with Crippen LogP contribution in [0.4, 0.5) is 0 Å².